The lowest BCUT2D eigenvalue weighted by Crippen LogP contribution is -2.07. The monoisotopic (exact) mass is 334 g/mol. The number of non-ortho nitro benzene ring substituents is 1. The number of furan rings is 1. The molecule has 0 aliphatic heterocycles. The number of amides is 1. The maximum Gasteiger partial charge on any atom is 0.270 e. The second-order valence-corrected chi connectivity index (χ2v) is 5.20. The molecule has 6 nitrogen and oxygen atoms in total. The Kier molecular flexibility index (Phi) is 4.71. The van der Waals surface area contributed by atoms with Crippen molar-refractivity contribution < 1.29 is 14.1 Å². The molecular weight excluding hydrogens is 320 g/mol. The summed E-state index contributed by atoms with van der Waals surface area (Å²) in [4.78, 5) is 22.2. The molecule has 2 aromatic carbocycles. The third-order valence-corrected chi connectivity index (χ3v) is 3.41. The third kappa shape index (κ3) is 4.20. The summed E-state index contributed by atoms with van der Waals surface area (Å²) in [6.07, 6.45) is 2.90. The Labute approximate surface area is 143 Å². The van der Waals surface area contributed by atoms with E-state index in [4.69, 9.17) is 4.42 Å². The summed E-state index contributed by atoms with van der Waals surface area (Å²) in [7, 11) is 0. The van der Waals surface area contributed by atoms with E-state index in [0.29, 0.717) is 22.8 Å². The van der Waals surface area contributed by atoms with E-state index in [2.05, 4.69) is 5.32 Å². The lowest BCUT2D eigenvalue weighted by molar-refractivity contribution is -0.384. The zero-order chi connectivity index (χ0) is 17.6. The normalized spacial score (nSPS) is 10.7. The first-order chi connectivity index (χ1) is 12.1. The summed E-state index contributed by atoms with van der Waals surface area (Å²) in [6, 6.07) is 18.7. The van der Waals surface area contributed by atoms with Crippen LogP contribution in [0.15, 0.2) is 77.2 Å². The minimum Gasteiger partial charge on any atom is -0.457 e. The predicted molar refractivity (Wildman–Crippen MR) is 94.9 cm³/mol. The van der Waals surface area contributed by atoms with E-state index in [1.54, 1.807) is 42.5 Å². The molecule has 3 aromatic rings. The number of carbonyl (C=O) groups excluding carboxylic acids is 1. The van der Waals surface area contributed by atoms with E-state index in [0.717, 1.165) is 0 Å². The SMILES string of the molecule is O=C(/C=C/c1ccc(-c2cccc([N+](=O)[O-])c2)o1)Nc1ccccc1. The van der Waals surface area contributed by atoms with Gasteiger partial charge in [-0.3, -0.25) is 14.9 Å². The van der Waals surface area contributed by atoms with Gasteiger partial charge in [0, 0.05) is 29.5 Å². The third-order valence-electron chi connectivity index (χ3n) is 3.41. The number of benzene rings is 2. The molecule has 124 valence electrons. The molecule has 1 aromatic heterocycles. The first-order valence-electron chi connectivity index (χ1n) is 7.50. The van der Waals surface area contributed by atoms with Crippen LogP contribution in [-0.4, -0.2) is 10.8 Å². The van der Waals surface area contributed by atoms with Gasteiger partial charge in [0.2, 0.25) is 5.91 Å². The van der Waals surface area contributed by atoms with Crippen molar-refractivity contribution >= 4 is 23.4 Å². The minimum absolute atomic E-state index is 0.00627. The van der Waals surface area contributed by atoms with Crippen molar-refractivity contribution in [3.63, 3.8) is 0 Å². The Bertz CT molecular complexity index is 929. The van der Waals surface area contributed by atoms with Crippen molar-refractivity contribution in [3.05, 3.63) is 88.7 Å². The molecule has 25 heavy (non-hydrogen) atoms. The minimum atomic E-state index is -0.457. The van der Waals surface area contributed by atoms with Crippen LogP contribution in [0, 0.1) is 10.1 Å². The zero-order valence-electron chi connectivity index (χ0n) is 13.1. The lowest BCUT2D eigenvalue weighted by Gasteiger charge is -2.00. The van der Waals surface area contributed by atoms with Crippen LogP contribution in [-0.2, 0) is 4.79 Å². The van der Waals surface area contributed by atoms with Crippen LogP contribution in [0.5, 0.6) is 0 Å². The highest BCUT2D eigenvalue weighted by molar-refractivity contribution is 6.01. The molecule has 0 atom stereocenters. The van der Waals surface area contributed by atoms with Gasteiger partial charge in [0.25, 0.3) is 5.69 Å². The van der Waals surface area contributed by atoms with Crippen LogP contribution in [0.3, 0.4) is 0 Å². The smallest absolute Gasteiger partial charge is 0.270 e. The average molecular weight is 334 g/mol. The molecule has 0 saturated heterocycles. The zero-order valence-corrected chi connectivity index (χ0v) is 13.1. The molecule has 0 saturated carbocycles. The number of para-hydroxylation sites is 1. The molecule has 0 spiro atoms. The number of hydrogen-bond donors (Lipinski definition) is 1. The van der Waals surface area contributed by atoms with Gasteiger partial charge < -0.3 is 9.73 Å². The molecule has 1 amide bonds. The van der Waals surface area contributed by atoms with Gasteiger partial charge in [0.15, 0.2) is 0 Å². The highest BCUT2D eigenvalue weighted by atomic mass is 16.6. The molecule has 0 aliphatic rings. The fourth-order valence-electron chi connectivity index (χ4n) is 2.23. The van der Waals surface area contributed by atoms with Crippen molar-refractivity contribution in [2.75, 3.05) is 5.32 Å². The highest BCUT2D eigenvalue weighted by Crippen LogP contribution is 2.26. The van der Waals surface area contributed by atoms with Crippen LogP contribution >= 0.6 is 0 Å². The van der Waals surface area contributed by atoms with Gasteiger partial charge in [-0.15, -0.1) is 0 Å². The summed E-state index contributed by atoms with van der Waals surface area (Å²) >= 11 is 0. The largest absolute Gasteiger partial charge is 0.457 e. The first kappa shape index (κ1) is 16.2. The van der Waals surface area contributed by atoms with E-state index in [1.807, 2.05) is 18.2 Å². The molecule has 6 heteroatoms. The number of anilines is 1. The number of nitrogens with zero attached hydrogens (tertiary/aromatic N) is 1. The van der Waals surface area contributed by atoms with Crippen molar-refractivity contribution in [3.8, 4) is 11.3 Å². The molecule has 0 bridgehead atoms. The lowest BCUT2D eigenvalue weighted by atomic mass is 10.1. The molecular formula is C19H14N2O4. The maximum atomic E-state index is 11.9. The van der Waals surface area contributed by atoms with Gasteiger partial charge in [-0.05, 0) is 30.3 Å². The van der Waals surface area contributed by atoms with Gasteiger partial charge in [0.1, 0.15) is 11.5 Å². The van der Waals surface area contributed by atoms with Gasteiger partial charge in [-0.2, -0.15) is 0 Å². The quantitative estimate of drug-likeness (QED) is 0.423. The predicted octanol–water partition coefficient (Wildman–Crippen LogP) is 4.51. The van der Waals surface area contributed by atoms with Crippen molar-refractivity contribution in [1.29, 1.82) is 0 Å². The summed E-state index contributed by atoms with van der Waals surface area (Å²) in [5.41, 5.74) is 1.30. The molecule has 1 heterocycles. The summed E-state index contributed by atoms with van der Waals surface area (Å²) in [6.45, 7) is 0. The standard InChI is InChI=1S/C19H14N2O4/c22-19(20-15-6-2-1-3-7-15)12-10-17-9-11-18(25-17)14-5-4-8-16(13-14)21(23)24/h1-13H,(H,20,22)/b12-10+. The molecule has 3 rings (SSSR count). The molecule has 0 aliphatic carbocycles. The Morgan fingerprint density at radius 1 is 1.04 bits per heavy atom. The fraction of sp³-hybridized carbons (Fsp3) is 0. The molecule has 0 unspecified atom stereocenters. The van der Waals surface area contributed by atoms with Crippen molar-refractivity contribution in [2.45, 2.75) is 0 Å². The van der Waals surface area contributed by atoms with Gasteiger partial charge in [-0.1, -0.05) is 30.3 Å². The van der Waals surface area contributed by atoms with Gasteiger partial charge >= 0.3 is 0 Å². The number of nitro benzene ring substituents is 1. The summed E-state index contributed by atoms with van der Waals surface area (Å²) < 4.78 is 5.62. The molecule has 1 N–H and O–H groups in total. The van der Waals surface area contributed by atoms with Crippen LogP contribution in [0.25, 0.3) is 17.4 Å². The number of rotatable bonds is 5. The molecule has 0 radical (unpaired) electrons. The Morgan fingerprint density at radius 3 is 2.60 bits per heavy atom. The van der Waals surface area contributed by atoms with Crippen LogP contribution in [0.2, 0.25) is 0 Å². The van der Waals surface area contributed by atoms with Crippen LogP contribution < -0.4 is 5.32 Å². The molecule has 0 fully saturated rings. The number of nitrogens with one attached hydrogen (secondary N) is 1. The average Bonchev–Trinajstić information content (AvgIpc) is 3.10. The van der Waals surface area contributed by atoms with E-state index in [-0.39, 0.29) is 11.6 Å². The number of carbonyl (C=O) groups is 1. The van der Waals surface area contributed by atoms with E-state index in [1.165, 1.54) is 18.2 Å². The van der Waals surface area contributed by atoms with E-state index >= 15 is 0 Å². The highest BCUT2D eigenvalue weighted by Gasteiger charge is 2.09. The summed E-state index contributed by atoms with van der Waals surface area (Å²) in [5.74, 6) is 0.691. The Balaban J connectivity index is 1.70. The van der Waals surface area contributed by atoms with Gasteiger partial charge in [0.05, 0.1) is 4.92 Å². The maximum absolute atomic E-state index is 11.9. The van der Waals surface area contributed by atoms with Crippen molar-refractivity contribution in [1.82, 2.24) is 0 Å². The fourth-order valence-corrected chi connectivity index (χ4v) is 2.23. The topological polar surface area (TPSA) is 85.4 Å². The Hall–Kier alpha value is -3.67. The Morgan fingerprint density at radius 2 is 1.84 bits per heavy atom. The van der Waals surface area contributed by atoms with Crippen LogP contribution in [0.4, 0.5) is 11.4 Å². The number of hydrogen-bond acceptors (Lipinski definition) is 4. The number of nitro groups is 1. The second kappa shape index (κ2) is 7.27. The van der Waals surface area contributed by atoms with Gasteiger partial charge in [-0.25, -0.2) is 0 Å². The second-order valence-electron chi connectivity index (χ2n) is 5.20. The van der Waals surface area contributed by atoms with Crippen LogP contribution in [0.1, 0.15) is 5.76 Å². The van der Waals surface area contributed by atoms with E-state index < -0.39 is 4.92 Å². The van der Waals surface area contributed by atoms with E-state index in [9.17, 15) is 14.9 Å². The van der Waals surface area contributed by atoms with Crippen molar-refractivity contribution in [2.24, 2.45) is 0 Å². The first-order valence-corrected chi connectivity index (χ1v) is 7.50. The summed E-state index contributed by atoms with van der Waals surface area (Å²) in [5, 5.41) is 13.6.